The van der Waals surface area contributed by atoms with E-state index < -0.39 is 0 Å². The van der Waals surface area contributed by atoms with Gasteiger partial charge in [0.25, 0.3) is 0 Å². The maximum atomic E-state index is 12.3. The normalized spacial score (nSPS) is 13.7. The number of hydrogen-bond donors (Lipinski definition) is 2. The van der Waals surface area contributed by atoms with Gasteiger partial charge in [0, 0.05) is 17.4 Å². The molecule has 0 aromatic heterocycles. The first-order valence-electron chi connectivity index (χ1n) is 8.10. The Labute approximate surface area is 142 Å². The van der Waals surface area contributed by atoms with Crippen molar-refractivity contribution in [2.45, 2.75) is 32.7 Å². The fourth-order valence-electron chi connectivity index (χ4n) is 2.50. The van der Waals surface area contributed by atoms with Crippen molar-refractivity contribution in [2.24, 2.45) is 0 Å². The summed E-state index contributed by atoms with van der Waals surface area (Å²) in [4.78, 5) is 12.3. The second-order valence-corrected chi connectivity index (χ2v) is 6.20. The highest BCUT2D eigenvalue weighted by atomic mass is 16.7. The number of amides is 1. The lowest BCUT2D eigenvalue weighted by Crippen LogP contribution is -2.31. The van der Waals surface area contributed by atoms with Crippen LogP contribution in [0.15, 0.2) is 42.5 Å². The van der Waals surface area contributed by atoms with Gasteiger partial charge in [0.15, 0.2) is 11.5 Å². The third-order valence-electron chi connectivity index (χ3n) is 3.99. The Morgan fingerprint density at radius 3 is 2.33 bits per heavy atom. The predicted molar refractivity (Wildman–Crippen MR) is 94.8 cm³/mol. The number of benzene rings is 2. The Morgan fingerprint density at radius 2 is 1.62 bits per heavy atom. The third kappa shape index (κ3) is 3.62. The fourth-order valence-corrected chi connectivity index (χ4v) is 2.50. The first-order chi connectivity index (χ1) is 11.5. The van der Waals surface area contributed by atoms with Crippen molar-refractivity contribution in [3.63, 3.8) is 0 Å². The Bertz CT molecular complexity index is 726. The zero-order chi connectivity index (χ0) is 17.1. The smallest absolute Gasteiger partial charge is 0.246 e. The number of anilines is 2. The second-order valence-electron chi connectivity index (χ2n) is 6.20. The van der Waals surface area contributed by atoms with E-state index in [2.05, 4.69) is 24.5 Å². The quantitative estimate of drug-likeness (QED) is 0.872. The molecule has 2 aromatic carbocycles. The zero-order valence-corrected chi connectivity index (χ0v) is 14.1. The SMILES string of the molecule is CC(C)c1ccc(NC(=O)[C@@H](C)Nc2ccc3c(c2)OCO3)cc1. The van der Waals surface area contributed by atoms with E-state index >= 15 is 0 Å². The highest BCUT2D eigenvalue weighted by molar-refractivity contribution is 5.96. The molecule has 0 unspecified atom stereocenters. The molecule has 0 bridgehead atoms. The summed E-state index contributed by atoms with van der Waals surface area (Å²) in [5, 5.41) is 6.10. The van der Waals surface area contributed by atoms with E-state index in [1.165, 1.54) is 5.56 Å². The Kier molecular flexibility index (Phi) is 4.60. The van der Waals surface area contributed by atoms with Crippen LogP contribution < -0.4 is 20.1 Å². The number of nitrogens with one attached hydrogen (secondary N) is 2. The van der Waals surface area contributed by atoms with E-state index in [1.807, 2.05) is 49.4 Å². The lowest BCUT2D eigenvalue weighted by molar-refractivity contribution is -0.116. The van der Waals surface area contributed by atoms with Crippen LogP contribution in [0.5, 0.6) is 11.5 Å². The van der Waals surface area contributed by atoms with Gasteiger partial charge in [-0.1, -0.05) is 26.0 Å². The van der Waals surface area contributed by atoms with E-state index in [0.29, 0.717) is 11.7 Å². The molecule has 1 atom stereocenters. The maximum Gasteiger partial charge on any atom is 0.246 e. The van der Waals surface area contributed by atoms with E-state index in [-0.39, 0.29) is 18.7 Å². The summed E-state index contributed by atoms with van der Waals surface area (Å²) in [6, 6.07) is 13.1. The van der Waals surface area contributed by atoms with Gasteiger partial charge in [-0.25, -0.2) is 0 Å². The van der Waals surface area contributed by atoms with Gasteiger partial charge < -0.3 is 20.1 Å². The molecule has 0 saturated carbocycles. The predicted octanol–water partition coefficient (Wildman–Crippen LogP) is 3.98. The molecular weight excluding hydrogens is 304 g/mol. The van der Waals surface area contributed by atoms with Crippen LogP contribution in [0.4, 0.5) is 11.4 Å². The van der Waals surface area contributed by atoms with Gasteiger partial charge in [0.1, 0.15) is 6.04 Å². The number of rotatable bonds is 5. The van der Waals surface area contributed by atoms with Crippen molar-refractivity contribution in [3.8, 4) is 11.5 Å². The van der Waals surface area contributed by atoms with E-state index in [1.54, 1.807) is 0 Å². The second kappa shape index (κ2) is 6.83. The van der Waals surface area contributed by atoms with Crippen molar-refractivity contribution in [1.82, 2.24) is 0 Å². The van der Waals surface area contributed by atoms with Gasteiger partial charge >= 0.3 is 0 Å². The summed E-state index contributed by atoms with van der Waals surface area (Å²) < 4.78 is 10.6. The molecule has 126 valence electrons. The van der Waals surface area contributed by atoms with Crippen LogP contribution >= 0.6 is 0 Å². The molecule has 5 nitrogen and oxygen atoms in total. The van der Waals surface area contributed by atoms with Crippen LogP contribution in [0, 0.1) is 0 Å². The largest absolute Gasteiger partial charge is 0.454 e. The molecule has 1 heterocycles. The molecule has 3 rings (SSSR count). The average Bonchev–Trinajstić information content (AvgIpc) is 3.03. The van der Waals surface area contributed by atoms with Gasteiger partial charge in [0.2, 0.25) is 12.7 Å². The summed E-state index contributed by atoms with van der Waals surface area (Å²) >= 11 is 0. The molecule has 2 aromatic rings. The molecule has 2 N–H and O–H groups in total. The summed E-state index contributed by atoms with van der Waals surface area (Å²) in [7, 11) is 0. The van der Waals surface area contributed by atoms with Crippen LogP contribution in [0.3, 0.4) is 0 Å². The van der Waals surface area contributed by atoms with Crippen LogP contribution in [0.1, 0.15) is 32.3 Å². The Hall–Kier alpha value is -2.69. The molecule has 1 aliphatic heterocycles. The first kappa shape index (κ1) is 16.2. The molecule has 0 saturated heterocycles. The van der Waals surface area contributed by atoms with Gasteiger partial charge in [-0.05, 0) is 42.7 Å². The first-order valence-corrected chi connectivity index (χ1v) is 8.10. The van der Waals surface area contributed by atoms with Crippen LogP contribution in [-0.2, 0) is 4.79 Å². The van der Waals surface area contributed by atoms with E-state index in [4.69, 9.17) is 9.47 Å². The van der Waals surface area contributed by atoms with E-state index in [0.717, 1.165) is 17.1 Å². The molecule has 5 heteroatoms. The lowest BCUT2D eigenvalue weighted by atomic mass is 10.0. The molecule has 24 heavy (non-hydrogen) atoms. The molecule has 0 radical (unpaired) electrons. The van der Waals surface area contributed by atoms with E-state index in [9.17, 15) is 4.79 Å². The maximum absolute atomic E-state index is 12.3. The van der Waals surface area contributed by atoms with Gasteiger partial charge in [-0.15, -0.1) is 0 Å². The topological polar surface area (TPSA) is 59.6 Å². The summed E-state index contributed by atoms with van der Waals surface area (Å²) in [5.41, 5.74) is 2.86. The van der Waals surface area contributed by atoms with Crippen LogP contribution in [0.25, 0.3) is 0 Å². The molecule has 1 aliphatic rings. The highest BCUT2D eigenvalue weighted by Gasteiger charge is 2.16. The number of hydrogen-bond acceptors (Lipinski definition) is 4. The molecule has 1 amide bonds. The van der Waals surface area contributed by atoms with Crippen molar-refractivity contribution >= 4 is 17.3 Å². The number of ether oxygens (including phenoxy) is 2. The number of fused-ring (bicyclic) bond motifs is 1. The molecule has 0 spiro atoms. The van der Waals surface area contributed by atoms with Gasteiger partial charge in [-0.3, -0.25) is 4.79 Å². The van der Waals surface area contributed by atoms with Crippen molar-refractivity contribution in [3.05, 3.63) is 48.0 Å². The summed E-state index contributed by atoms with van der Waals surface area (Å²) in [6.07, 6.45) is 0. The van der Waals surface area contributed by atoms with Crippen LogP contribution in [-0.4, -0.2) is 18.7 Å². The Morgan fingerprint density at radius 1 is 0.958 bits per heavy atom. The van der Waals surface area contributed by atoms with Crippen molar-refractivity contribution in [2.75, 3.05) is 17.4 Å². The fraction of sp³-hybridized carbons (Fsp3) is 0.316. The standard InChI is InChI=1S/C19H22N2O3/c1-12(2)14-4-6-15(7-5-14)21-19(22)13(3)20-16-8-9-17-18(10-16)24-11-23-17/h4-10,12-13,20H,11H2,1-3H3,(H,21,22)/t13-/m1/s1. The van der Waals surface area contributed by atoms with Crippen molar-refractivity contribution in [1.29, 1.82) is 0 Å². The average molecular weight is 326 g/mol. The molecular formula is C19H22N2O3. The molecule has 0 aliphatic carbocycles. The highest BCUT2D eigenvalue weighted by Crippen LogP contribution is 2.34. The number of carbonyl (C=O) groups excluding carboxylic acids is 1. The minimum atomic E-state index is -0.379. The van der Waals surface area contributed by atoms with Crippen molar-refractivity contribution < 1.29 is 14.3 Å². The van der Waals surface area contributed by atoms with Crippen LogP contribution in [0.2, 0.25) is 0 Å². The summed E-state index contributed by atoms with van der Waals surface area (Å²) in [6.45, 7) is 6.35. The zero-order valence-electron chi connectivity index (χ0n) is 14.1. The minimum Gasteiger partial charge on any atom is -0.454 e. The Balaban J connectivity index is 1.60. The minimum absolute atomic E-state index is 0.0926. The number of carbonyl (C=O) groups is 1. The third-order valence-corrected chi connectivity index (χ3v) is 3.99. The monoisotopic (exact) mass is 326 g/mol. The van der Waals surface area contributed by atoms with Gasteiger partial charge in [0.05, 0.1) is 0 Å². The molecule has 0 fully saturated rings. The van der Waals surface area contributed by atoms with Gasteiger partial charge in [-0.2, -0.15) is 0 Å². The summed E-state index contributed by atoms with van der Waals surface area (Å²) in [5.74, 6) is 1.80. The lowest BCUT2D eigenvalue weighted by Gasteiger charge is -2.16.